The minimum absolute atomic E-state index is 0.228. The average Bonchev–Trinajstić information content (AvgIpc) is 2.63. The molecule has 1 aromatic carbocycles. The third-order valence-electron chi connectivity index (χ3n) is 3.70. The third-order valence-corrected chi connectivity index (χ3v) is 3.70. The number of hydrogen-bond acceptors (Lipinski definition) is 5. The van der Waals surface area contributed by atoms with E-state index in [4.69, 9.17) is 9.47 Å². The van der Waals surface area contributed by atoms with Crippen molar-refractivity contribution in [3.63, 3.8) is 0 Å². The second-order valence-corrected chi connectivity index (χ2v) is 7.39. The van der Waals surface area contributed by atoms with Crippen molar-refractivity contribution in [1.29, 1.82) is 0 Å². The maximum atomic E-state index is 12.3. The van der Waals surface area contributed by atoms with Gasteiger partial charge in [-0.05, 0) is 43.0 Å². The SMILES string of the molecule is CCOc1ccc(C(=O)NCC(=O)OCC(=O)N(CC(C)C)CC(C)C)cc1. The van der Waals surface area contributed by atoms with Crippen LogP contribution in [0.5, 0.6) is 5.75 Å². The van der Waals surface area contributed by atoms with Crippen LogP contribution in [0.2, 0.25) is 0 Å². The summed E-state index contributed by atoms with van der Waals surface area (Å²) in [4.78, 5) is 38.0. The van der Waals surface area contributed by atoms with Crippen molar-refractivity contribution in [1.82, 2.24) is 10.2 Å². The van der Waals surface area contributed by atoms with E-state index in [2.05, 4.69) is 5.32 Å². The van der Waals surface area contributed by atoms with Gasteiger partial charge in [-0.2, -0.15) is 0 Å². The molecule has 1 rings (SSSR count). The molecule has 2 amide bonds. The highest BCUT2D eigenvalue weighted by Crippen LogP contribution is 2.12. The van der Waals surface area contributed by atoms with Gasteiger partial charge in [-0.3, -0.25) is 14.4 Å². The number of nitrogens with one attached hydrogen (secondary N) is 1. The van der Waals surface area contributed by atoms with E-state index in [9.17, 15) is 14.4 Å². The van der Waals surface area contributed by atoms with Crippen molar-refractivity contribution in [2.24, 2.45) is 11.8 Å². The van der Waals surface area contributed by atoms with Gasteiger partial charge in [-0.1, -0.05) is 27.7 Å². The number of ether oxygens (including phenoxy) is 2. The van der Waals surface area contributed by atoms with Gasteiger partial charge in [0, 0.05) is 18.7 Å². The number of nitrogens with zero attached hydrogens (tertiary/aromatic N) is 1. The molecule has 28 heavy (non-hydrogen) atoms. The fraction of sp³-hybridized carbons (Fsp3) is 0.571. The summed E-state index contributed by atoms with van der Waals surface area (Å²) in [5, 5.41) is 2.49. The molecule has 1 N–H and O–H groups in total. The minimum Gasteiger partial charge on any atom is -0.494 e. The zero-order chi connectivity index (χ0) is 21.1. The van der Waals surface area contributed by atoms with Crippen LogP contribution < -0.4 is 10.1 Å². The number of benzene rings is 1. The van der Waals surface area contributed by atoms with Gasteiger partial charge in [-0.15, -0.1) is 0 Å². The van der Waals surface area contributed by atoms with E-state index in [1.807, 2.05) is 34.6 Å². The molecule has 0 aliphatic carbocycles. The highest BCUT2D eigenvalue weighted by molar-refractivity contribution is 5.96. The summed E-state index contributed by atoms with van der Waals surface area (Å²) in [6.45, 7) is 11.2. The van der Waals surface area contributed by atoms with Gasteiger partial charge < -0.3 is 19.7 Å². The van der Waals surface area contributed by atoms with Crippen molar-refractivity contribution >= 4 is 17.8 Å². The Kier molecular flexibility index (Phi) is 10.1. The Morgan fingerprint density at radius 3 is 2.07 bits per heavy atom. The smallest absolute Gasteiger partial charge is 0.325 e. The molecule has 0 unspecified atom stereocenters. The summed E-state index contributed by atoms with van der Waals surface area (Å²) in [5.41, 5.74) is 0.410. The highest BCUT2D eigenvalue weighted by atomic mass is 16.5. The number of rotatable bonds is 11. The number of carbonyl (C=O) groups excluding carboxylic acids is 3. The monoisotopic (exact) mass is 392 g/mol. The highest BCUT2D eigenvalue weighted by Gasteiger charge is 2.18. The van der Waals surface area contributed by atoms with Crippen LogP contribution >= 0.6 is 0 Å². The molecule has 156 valence electrons. The van der Waals surface area contributed by atoms with Gasteiger partial charge in [0.25, 0.3) is 11.8 Å². The van der Waals surface area contributed by atoms with Crippen LogP contribution in [-0.2, 0) is 14.3 Å². The van der Waals surface area contributed by atoms with Gasteiger partial charge in [-0.25, -0.2) is 0 Å². The van der Waals surface area contributed by atoms with Crippen molar-refractivity contribution in [2.45, 2.75) is 34.6 Å². The Hall–Kier alpha value is -2.57. The number of amides is 2. The summed E-state index contributed by atoms with van der Waals surface area (Å²) in [7, 11) is 0. The Labute approximate surface area is 167 Å². The summed E-state index contributed by atoms with van der Waals surface area (Å²) in [6.07, 6.45) is 0. The third kappa shape index (κ3) is 8.88. The van der Waals surface area contributed by atoms with E-state index in [1.54, 1.807) is 29.2 Å². The lowest BCUT2D eigenvalue weighted by atomic mass is 10.1. The number of esters is 1. The average molecular weight is 392 g/mol. The summed E-state index contributed by atoms with van der Waals surface area (Å²) in [6, 6.07) is 6.61. The molecule has 7 heteroatoms. The van der Waals surface area contributed by atoms with E-state index < -0.39 is 11.9 Å². The van der Waals surface area contributed by atoms with Crippen LogP contribution in [-0.4, -0.2) is 55.5 Å². The molecule has 7 nitrogen and oxygen atoms in total. The molecule has 0 aromatic heterocycles. The molecular formula is C21H32N2O5. The van der Waals surface area contributed by atoms with Crippen LogP contribution in [0, 0.1) is 11.8 Å². The summed E-state index contributed by atoms with van der Waals surface area (Å²) < 4.78 is 10.3. The number of carbonyl (C=O) groups is 3. The summed E-state index contributed by atoms with van der Waals surface area (Å²) >= 11 is 0. The Morgan fingerprint density at radius 1 is 1.00 bits per heavy atom. The first kappa shape index (κ1) is 23.5. The predicted molar refractivity (Wildman–Crippen MR) is 107 cm³/mol. The fourth-order valence-electron chi connectivity index (χ4n) is 2.57. The molecule has 0 heterocycles. The lowest BCUT2D eigenvalue weighted by Gasteiger charge is -2.26. The van der Waals surface area contributed by atoms with E-state index in [0.29, 0.717) is 42.8 Å². The summed E-state index contributed by atoms with van der Waals surface area (Å²) in [5.74, 6) is 0.0470. The molecule has 0 saturated carbocycles. The van der Waals surface area contributed by atoms with Crippen molar-refractivity contribution in [2.75, 3.05) is 32.8 Å². The lowest BCUT2D eigenvalue weighted by molar-refractivity contribution is -0.151. The van der Waals surface area contributed by atoms with Crippen LogP contribution in [0.4, 0.5) is 0 Å². The van der Waals surface area contributed by atoms with Crippen LogP contribution in [0.25, 0.3) is 0 Å². The van der Waals surface area contributed by atoms with E-state index in [1.165, 1.54) is 0 Å². The first-order valence-corrected chi connectivity index (χ1v) is 9.67. The molecule has 0 atom stereocenters. The fourth-order valence-corrected chi connectivity index (χ4v) is 2.57. The Bertz CT molecular complexity index is 631. The lowest BCUT2D eigenvalue weighted by Crippen LogP contribution is -2.40. The maximum Gasteiger partial charge on any atom is 0.325 e. The van der Waals surface area contributed by atoms with Gasteiger partial charge >= 0.3 is 5.97 Å². The standard InChI is InChI=1S/C21H32N2O5/c1-6-27-18-9-7-17(8-10-18)21(26)22-11-20(25)28-14-19(24)23(12-15(2)3)13-16(4)5/h7-10,15-16H,6,11-14H2,1-5H3,(H,22,26). The molecule has 0 aliphatic rings. The quantitative estimate of drug-likeness (QED) is 0.585. The Balaban J connectivity index is 2.44. The molecule has 0 saturated heterocycles. The zero-order valence-corrected chi connectivity index (χ0v) is 17.5. The van der Waals surface area contributed by atoms with Gasteiger partial charge in [0.05, 0.1) is 6.61 Å². The zero-order valence-electron chi connectivity index (χ0n) is 17.5. The first-order valence-electron chi connectivity index (χ1n) is 9.67. The number of hydrogen-bond donors (Lipinski definition) is 1. The van der Waals surface area contributed by atoms with Gasteiger partial charge in [0.1, 0.15) is 12.3 Å². The normalized spacial score (nSPS) is 10.7. The van der Waals surface area contributed by atoms with Crippen molar-refractivity contribution < 1.29 is 23.9 Å². The second-order valence-electron chi connectivity index (χ2n) is 7.39. The molecule has 0 bridgehead atoms. The topological polar surface area (TPSA) is 84.9 Å². The van der Waals surface area contributed by atoms with Crippen molar-refractivity contribution in [3.05, 3.63) is 29.8 Å². The Morgan fingerprint density at radius 2 is 1.57 bits per heavy atom. The molecule has 1 aromatic rings. The van der Waals surface area contributed by atoms with Crippen molar-refractivity contribution in [3.8, 4) is 5.75 Å². The van der Waals surface area contributed by atoms with E-state index in [0.717, 1.165) is 0 Å². The molecule has 0 fully saturated rings. The second kappa shape index (κ2) is 12.0. The molecule has 0 spiro atoms. The van der Waals surface area contributed by atoms with Crippen LogP contribution in [0.3, 0.4) is 0 Å². The maximum absolute atomic E-state index is 12.3. The molecule has 0 aliphatic heterocycles. The van der Waals surface area contributed by atoms with E-state index >= 15 is 0 Å². The van der Waals surface area contributed by atoms with E-state index in [-0.39, 0.29) is 19.1 Å². The molecular weight excluding hydrogens is 360 g/mol. The first-order chi connectivity index (χ1) is 13.2. The van der Waals surface area contributed by atoms with Crippen LogP contribution in [0.1, 0.15) is 45.0 Å². The molecule has 0 radical (unpaired) electrons. The minimum atomic E-state index is -0.651. The predicted octanol–water partition coefficient (Wildman–Crippen LogP) is 2.50. The largest absolute Gasteiger partial charge is 0.494 e. The van der Waals surface area contributed by atoms with Crippen LogP contribution in [0.15, 0.2) is 24.3 Å². The van der Waals surface area contributed by atoms with Gasteiger partial charge in [0.2, 0.25) is 0 Å². The van der Waals surface area contributed by atoms with Gasteiger partial charge in [0.15, 0.2) is 6.61 Å².